The summed E-state index contributed by atoms with van der Waals surface area (Å²) in [5.41, 5.74) is 3.22. The van der Waals surface area contributed by atoms with Gasteiger partial charge in [0.05, 0.1) is 5.56 Å². The molecule has 0 saturated carbocycles. The van der Waals surface area contributed by atoms with Crippen molar-refractivity contribution in [2.45, 2.75) is 6.92 Å². The summed E-state index contributed by atoms with van der Waals surface area (Å²) < 4.78 is 1.82. The van der Waals surface area contributed by atoms with Crippen LogP contribution in [0.15, 0.2) is 60.8 Å². The molecule has 4 aromatic rings. The highest BCUT2D eigenvalue weighted by Gasteiger charge is 2.18. The minimum absolute atomic E-state index is 0.0308. The number of aromatic nitrogens is 3. The Morgan fingerprint density at radius 2 is 1.85 bits per heavy atom. The maximum Gasteiger partial charge on any atom is 0.221 e. The number of imidazole rings is 1. The van der Waals surface area contributed by atoms with Gasteiger partial charge < -0.3 is 15.5 Å². The lowest BCUT2D eigenvalue weighted by Gasteiger charge is -2.11. The Morgan fingerprint density at radius 3 is 2.56 bits per heavy atom. The number of carbonyl (C=O) groups excluding carboxylic acids is 1. The van der Waals surface area contributed by atoms with E-state index in [1.165, 1.54) is 19.1 Å². The number of phenolic OH excluding ortho intramolecular Hbond substituents is 2. The van der Waals surface area contributed by atoms with Crippen LogP contribution in [0.4, 0.5) is 5.69 Å². The van der Waals surface area contributed by atoms with Gasteiger partial charge >= 0.3 is 0 Å². The van der Waals surface area contributed by atoms with E-state index in [2.05, 4.69) is 15.3 Å². The van der Waals surface area contributed by atoms with E-state index in [4.69, 9.17) is 0 Å². The lowest BCUT2D eigenvalue weighted by molar-refractivity contribution is -0.114. The van der Waals surface area contributed by atoms with Crippen molar-refractivity contribution >= 4 is 22.8 Å². The van der Waals surface area contributed by atoms with Gasteiger partial charge in [-0.15, -0.1) is 0 Å². The van der Waals surface area contributed by atoms with Crippen LogP contribution in [0.1, 0.15) is 6.92 Å². The van der Waals surface area contributed by atoms with Crippen molar-refractivity contribution in [2.24, 2.45) is 0 Å². The number of pyridine rings is 1. The average molecular weight is 360 g/mol. The van der Waals surface area contributed by atoms with Gasteiger partial charge in [-0.3, -0.25) is 9.36 Å². The Balaban J connectivity index is 1.92. The summed E-state index contributed by atoms with van der Waals surface area (Å²) in [5, 5.41) is 22.6. The molecule has 0 unspecified atom stereocenters. The zero-order chi connectivity index (χ0) is 19.0. The lowest BCUT2D eigenvalue weighted by Crippen LogP contribution is -2.06. The number of fused-ring (bicyclic) bond motifs is 1. The molecule has 27 heavy (non-hydrogen) atoms. The van der Waals surface area contributed by atoms with Crippen molar-refractivity contribution in [3.05, 3.63) is 60.8 Å². The maximum atomic E-state index is 11.2. The molecule has 7 nitrogen and oxygen atoms in total. The number of anilines is 1. The summed E-state index contributed by atoms with van der Waals surface area (Å²) in [6, 6.07) is 15.2. The smallest absolute Gasteiger partial charge is 0.221 e. The van der Waals surface area contributed by atoms with Gasteiger partial charge in [-0.25, -0.2) is 9.97 Å². The number of hydrogen-bond acceptors (Lipinski definition) is 5. The van der Waals surface area contributed by atoms with Gasteiger partial charge in [-0.05, 0) is 48.5 Å². The summed E-state index contributed by atoms with van der Waals surface area (Å²) >= 11 is 0. The molecule has 2 aromatic carbocycles. The number of rotatable bonds is 3. The number of benzene rings is 2. The summed E-state index contributed by atoms with van der Waals surface area (Å²) in [6.45, 7) is 1.45. The number of nitrogens with zero attached hydrogens (tertiary/aromatic N) is 3. The zero-order valence-electron chi connectivity index (χ0n) is 14.4. The van der Waals surface area contributed by atoms with Crippen LogP contribution in [0.5, 0.6) is 11.5 Å². The number of amides is 1. The van der Waals surface area contributed by atoms with Crippen LogP contribution >= 0.6 is 0 Å². The van der Waals surface area contributed by atoms with Crippen LogP contribution in [0, 0.1) is 0 Å². The van der Waals surface area contributed by atoms with E-state index >= 15 is 0 Å². The monoisotopic (exact) mass is 360 g/mol. The van der Waals surface area contributed by atoms with Crippen molar-refractivity contribution in [3.8, 4) is 28.6 Å². The van der Waals surface area contributed by atoms with E-state index < -0.39 is 0 Å². The largest absolute Gasteiger partial charge is 0.508 e. The van der Waals surface area contributed by atoms with Crippen molar-refractivity contribution in [3.63, 3.8) is 0 Å². The van der Waals surface area contributed by atoms with E-state index in [-0.39, 0.29) is 17.4 Å². The molecule has 1 amide bonds. The molecule has 0 saturated heterocycles. The minimum Gasteiger partial charge on any atom is -0.508 e. The summed E-state index contributed by atoms with van der Waals surface area (Å²) in [5.74, 6) is 0.235. The van der Waals surface area contributed by atoms with Crippen molar-refractivity contribution in [1.29, 1.82) is 0 Å². The molecule has 0 atom stereocenters. The molecule has 4 rings (SSSR count). The van der Waals surface area contributed by atoms with Crippen LogP contribution in [0.3, 0.4) is 0 Å². The molecule has 0 aliphatic heterocycles. The molecular formula is C20H16N4O3. The molecule has 2 aromatic heterocycles. The normalized spacial score (nSPS) is 10.9. The second-order valence-corrected chi connectivity index (χ2v) is 6.05. The van der Waals surface area contributed by atoms with E-state index in [0.29, 0.717) is 28.2 Å². The third kappa shape index (κ3) is 3.06. The van der Waals surface area contributed by atoms with Gasteiger partial charge in [0.25, 0.3) is 0 Å². The molecule has 2 heterocycles. The summed E-state index contributed by atoms with van der Waals surface area (Å²) in [7, 11) is 0. The van der Waals surface area contributed by atoms with Crippen LogP contribution in [0.25, 0.3) is 28.2 Å². The first kappa shape index (κ1) is 16.6. The topological polar surface area (TPSA) is 100 Å². The molecule has 7 heteroatoms. The Morgan fingerprint density at radius 1 is 1.07 bits per heavy atom. The van der Waals surface area contributed by atoms with Crippen LogP contribution in [-0.2, 0) is 4.79 Å². The second kappa shape index (κ2) is 6.45. The summed E-state index contributed by atoms with van der Waals surface area (Å²) in [6.07, 6.45) is 1.67. The fourth-order valence-corrected chi connectivity index (χ4v) is 2.94. The fourth-order valence-electron chi connectivity index (χ4n) is 2.94. The number of hydrogen-bond donors (Lipinski definition) is 3. The van der Waals surface area contributed by atoms with Crippen LogP contribution < -0.4 is 5.32 Å². The zero-order valence-corrected chi connectivity index (χ0v) is 14.4. The highest BCUT2D eigenvalue weighted by atomic mass is 16.3. The van der Waals surface area contributed by atoms with Gasteiger partial charge in [-0.2, -0.15) is 0 Å². The number of nitrogens with one attached hydrogen (secondary N) is 1. The molecular weight excluding hydrogens is 344 g/mol. The van der Waals surface area contributed by atoms with Gasteiger partial charge in [0.1, 0.15) is 17.0 Å². The van der Waals surface area contributed by atoms with Crippen LogP contribution in [0.2, 0.25) is 0 Å². The van der Waals surface area contributed by atoms with Crippen molar-refractivity contribution in [2.75, 3.05) is 5.32 Å². The van der Waals surface area contributed by atoms with E-state index in [9.17, 15) is 15.0 Å². The molecule has 0 radical (unpaired) electrons. The average Bonchev–Trinajstić information content (AvgIpc) is 3.01. The quantitative estimate of drug-likeness (QED) is 0.519. The Bertz CT molecular complexity index is 1150. The highest BCUT2D eigenvalue weighted by Crippen LogP contribution is 2.35. The van der Waals surface area contributed by atoms with Gasteiger partial charge in [0, 0.05) is 30.6 Å². The molecule has 3 N–H and O–H groups in total. The Kier molecular flexibility index (Phi) is 3.97. The molecule has 0 fully saturated rings. The van der Waals surface area contributed by atoms with Gasteiger partial charge in [0.2, 0.25) is 5.91 Å². The first-order chi connectivity index (χ1) is 13.0. The molecule has 134 valence electrons. The van der Waals surface area contributed by atoms with Gasteiger partial charge in [0.15, 0.2) is 11.5 Å². The number of aromatic hydroxyl groups is 2. The standard InChI is InChI=1S/C20H16N4O3/c1-12(25)22-13-4-6-14(7-5-13)24-19(16-9-8-15(26)11-18(16)27)23-17-3-2-10-21-20(17)24/h2-11,26-27H,1H3,(H,22,25). The van der Waals surface area contributed by atoms with Gasteiger partial charge in [-0.1, -0.05) is 0 Å². The predicted molar refractivity (Wildman–Crippen MR) is 102 cm³/mol. The number of carbonyl (C=O) groups is 1. The molecule has 0 spiro atoms. The molecule has 0 aliphatic carbocycles. The fraction of sp³-hybridized carbons (Fsp3) is 0.0500. The lowest BCUT2D eigenvalue weighted by atomic mass is 10.1. The second-order valence-electron chi connectivity index (χ2n) is 6.05. The predicted octanol–water partition coefficient (Wildman–Crippen LogP) is 3.46. The van der Waals surface area contributed by atoms with Crippen molar-refractivity contribution in [1.82, 2.24) is 14.5 Å². The third-order valence-electron chi connectivity index (χ3n) is 4.08. The van der Waals surface area contributed by atoms with Crippen molar-refractivity contribution < 1.29 is 15.0 Å². The third-order valence-corrected chi connectivity index (χ3v) is 4.08. The SMILES string of the molecule is CC(=O)Nc1ccc(-n2c(-c3ccc(O)cc3O)nc3cccnc32)cc1. The van der Waals surface area contributed by atoms with E-state index in [1.807, 2.05) is 22.8 Å². The highest BCUT2D eigenvalue weighted by molar-refractivity contribution is 5.89. The number of phenols is 2. The van der Waals surface area contributed by atoms with E-state index in [0.717, 1.165) is 5.69 Å². The van der Waals surface area contributed by atoms with E-state index in [1.54, 1.807) is 30.5 Å². The Labute approximate surface area is 154 Å². The summed E-state index contributed by atoms with van der Waals surface area (Å²) in [4.78, 5) is 20.3. The van der Waals surface area contributed by atoms with Crippen LogP contribution in [-0.4, -0.2) is 30.7 Å². The Hall–Kier alpha value is -3.87. The first-order valence-electron chi connectivity index (χ1n) is 8.27. The molecule has 0 aliphatic rings. The maximum absolute atomic E-state index is 11.2. The minimum atomic E-state index is -0.146. The molecule has 0 bridgehead atoms. The first-order valence-corrected chi connectivity index (χ1v) is 8.27.